The maximum Gasteiger partial charge on any atom is 0.269 e. The van der Waals surface area contributed by atoms with Crippen LogP contribution in [0.25, 0.3) is 0 Å². The van der Waals surface area contributed by atoms with Crippen LogP contribution in [0.3, 0.4) is 0 Å². The molecule has 0 aliphatic carbocycles. The van der Waals surface area contributed by atoms with E-state index in [2.05, 4.69) is 0 Å². The lowest BCUT2D eigenvalue weighted by molar-refractivity contribution is -0.384. The SMILES string of the molecule is CC(c1cccc([N+](=O)[O-])c1)N(C)CC(=O)N(C)Cc1cccs1. The second-order valence-electron chi connectivity index (χ2n) is 5.77. The molecule has 0 radical (unpaired) electrons. The van der Waals surface area contributed by atoms with Crippen molar-refractivity contribution in [3.05, 3.63) is 62.3 Å². The number of hydrogen-bond acceptors (Lipinski definition) is 5. The molecule has 7 heteroatoms. The molecule has 1 amide bonds. The Labute approximate surface area is 145 Å². The van der Waals surface area contributed by atoms with Crippen LogP contribution in [0.2, 0.25) is 0 Å². The Morgan fingerprint density at radius 3 is 2.67 bits per heavy atom. The number of carbonyl (C=O) groups excluding carboxylic acids is 1. The summed E-state index contributed by atoms with van der Waals surface area (Å²) in [7, 11) is 3.63. The summed E-state index contributed by atoms with van der Waals surface area (Å²) in [5.74, 6) is 0.0168. The number of amides is 1. The predicted octanol–water partition coefficient (Wildman–Crippen LogP) is 3.31. The van der Waals surface area contributed by atoms with E-state index in [4.69, 9.17) is 0 Å². The van der Waals surface area contributed by atoms with E-state index in [-0.39, 0.29) is 24.2 Å². The van der Waals surface area contributed by atoms with Gasteiger partial charge in [0.1, 0.15) is 0 Å². The second-order valence-corrected chi connectivity index (χ2v) is 6.80. The summed E-state index contributed by atoms with van der Waals surface area (Å²) in [6.45, 7) is 2.78. The van der Waals surface area contributed by atoms with Gasteiger partial charge in [-0.15, -0.1) is 11.3 Å². The van der Waals surface area contributed by atoms with Crippen LogP contribution in [0.5, 0.6) is 0 Å². The summed E-state index contributed by atoms with van der Waals surface area (Å²) in [6.07, 6.45) is 0. The molecule has 0 saturated heterocycles. The van der Waals surface area contributed by atoms with Crippen LogP contribution in [-0.4, -0.2) is 41.3 Å². The van der Waals surface area contributed by atoms with Crippen LogP contribution < -0.4 is 0 Å². The molecular formula is C17H21N3O3S. The van der Waals surface area contributed by atoms with Crippen molar-refractivity contribution in [2.45, 2.75) is 19.5 Å². The predicted molar refractivity (Wildman–Crippen MR) is 94.9 cm³/mol. The molecule has 0 bridgehead atoms. The Morgan fingerprint density at radius 1 is 1.29 bits per heavy atom. The van der Waals surface area contributed by atoms with Crippen LogP contribution in [-0.2, 0) is 11.3 Å². The third kappa shape index (κ3) is 4.62. The number of likely N-dealkylation sites (N-methyl/N-ethyl adjacent to an activating group) is 2. The van der Waals surface area contributed by atoms with Crippen molar-refractivity contribution < 1.29 is 9.72 Å². The topological polar surface area (TPSA) is 66.7 Å². The van der Waals surface area contributed by atoms with E-state index in [9.17, 15) is 14.9 Å². The molecule has 1 unspecified atom stereocenters. The monoisotopic (exact) mass is 347 g/mol. The summed E-state index contributed by atoms with van der Waals surface area (Å²) in [5.41, 5.74) is 0.884. The van der Waals surface area contributed by atoms with Crippen molar-refractivity contribution in [2.75, 3.05) is 20.6 Å². The van der Waals surface area contributed by atoms with Gasteiger partial charge in [0.05, 0.1) is 18.0 Å². The molecule has 2 aromatic rings. The Bertz CT molecular complexity index is 703. The maximum absolute atomic E-state index is 12.4. The van der Waals surface area contributed by atoms with E-state index < -0.39 is 4.92 Å². The highest BCUT2D eigenvalue weighted by Crippen LogP contribution is 2.23. The smallest absolute Gasteiger partial charge is 0.269 e. The fourth-order valence-electron chi connectivity index (χ4n) is 2.35. The lowest BCUT2D eigenvalue weighted by atomic mass is 10.1. The summed E-state index contributed by atoms with van der Waals surface area (Å²) < 4.78 is 0. The molecular weight excluding hydrogens is 326 g/mol. The molecule has 0 saturated carbocycles. The van der Waals surface area contributed by atoms with Gasteiger partial charge in [-0.3, -0.25) is 19.8 Å². The fraction of sp³-hybridized carbons (Fsp3) is 0.353. The minimum atomic E-state index is -0.407. The number of carbonyl (C=O) groups is 1. The lowest BCUT2D eigenvalue weighted by Crippen LogP contribution is -2.37. The van der Waals surface area contributed by atoms with Crippen LogP contribution in [0.15, 0.2) is 41.8 Å². The highest BCUT2D eigenvalue weighted by molar-refractivity contribution is 7.09. The molecule has 2 rings (SSSR count). The average molecular weight is 347 g/mol. The van der Waals surface area contributed by atoms with Crippen molar-refractivity contribution in [1.82, 2.24) is 9.80 Å². The summed E-state index contributed by atoms with van der Waals surface area (Å²) in [5, 5.41) is 12.9. The number of hydrogen-bond donors (Lipinski definition) is 0. The van der Waals surface area contributed by atoms with E-state index in [1.807, 2.05) is 42.5 Å². The molecule has 24 heavy (non-hydrogen) atoms. The third-order valence-electron chi connectivity index (χ3n) is 4.01. The maximum atomic E-state index is 12.4. The van der Waals surface area contributed by atoms with E-state index >= 15 is 0 Å². The second kappa shape index (κ2) is 8.03. The molecule has 1 aromatic carbocycles. The van der Waals surface area contributed by atoms with Gasteiger partial charge in [-0.1, -0.05) is 18.2 Å². The molecule has 128 valence electrons. The van der Waals surface area contributed by atoms with Crippen molar-refractivity contribution in [2.24, 2.45) is 0 Å². The largest absolute Gasteiger partial charge is 0.340 e. The molecule has 1 heterocycles. The Balaban J connectivity index is 1.97. The van der Waals surface area contributed by atoms with Gasteiger partial charge in [-0.25, -0.2) is 0 Å². The van der Waals surface area contributed by atoms with E-state index in [1.165, 1.54) is 6.07 Å². The Morgan fingerprint density at radius 2 is 2.04 bits per heavy atom. The molecule has 1 aromatic heterocycles. The average Bonchev–Trinajstić information content (AvgIpc) is 3.07. The van der Waals surface area contributed by atoms with Gasteiger partial charge in [-0.05, 0) is 31.0 Å². The minimum absolute atomic E-state index is 0.0168. The quantitative estimate of drug-likeness (QED) is 0.569. The summed E-state index contributed by atoms with van der Waals surface area (Å²) in [4.78, 5) is 27.6. The number of thiophene rings is 1. The first-order valence-electron chi connectivity index (χ1n) is 7.59. The first kappa shape index (κ1) is 18.1. The van der Waals surface area contributed by atoms with Crippen LogP contribution in [0, 0.1) is 10.1 Å². The third-order valence-corrected chi connectivity index (χ3v) is 4.87. The van der Waals surface area contributed by atoms with Gasteiger partial charge < -0.3 is 4.90 Å². The molecule has 0 fully saturated rings. The first-order valence-corrected chi connectivity index (χ1v) is 8.47. The number of non-ortho nitro benzene ring substituents is 1. The first-order chi connectivity index (χ1) is 11.4. The summed E-state index contributed by atoms with van der Waals surface area (Å²) >= 11 is 1.62. The highest BCUT2D eigenvalue weighted by Gasteiger charge is 2.19. The van der Waals surface area contributed by atoms with Gasteiger partial charge >= 0.3 is 0 Å². The Hall–Kier alpha value is -2.25. The van der Waals surface area contributed by atoms with Crippen molar-refractivity contribution in [3.8, 4) is 0 Å². The van der Waals surface area contributed by atoms with E-state index in [0.717, 1.165) is 10.4 Å². The van der Waals surface area contributed by atoms with Crippen LogP contribution >= 0.6 is 11.3 Å². The highest BCUT2D eigenvalue weighted by atomic mass is 32.1. The van der Waals surface area contributed by atoms with Gasteiger partial charge in [-0.2, -0.15) is 0 Å². The fourth-order valence-corrected chi connectivity index (χ4v) is 3.11. The van der Waals surface area contributed by atoms with Crippen molar-refractivity contribution in [1.29, 1.82) is 0 Å². The molecule has 1 atom stereocenters. The zero-order valence-corrected chi connectivity index (χ0v) is 14.8. The normalized spacial score (nSPS) is 12.2. The standard InChI is InChI=1S/C17H21N3O3S/c1-13(14-6-4-7-15(10-14)20(22)23)18(2)12-17(21)19(3)11-16-8-5-9-24-16/h4-10,13H,11-12H2,1-3H3. The molecule has 0 spiro atoms. The number of rotatable bonds is 7. The summed E-state index contributed by atoms with van der Waals surface area (Å²) in [6, 6.07) is 10.4. The molecule has 0 aliphatic heterocycles. The molecule has 0 N–H and O–H groups in total. The minimum Gasteiger partial charge on any atom is -0.340 e. The van der Waals surface area contributed by atoms with Crippen LogP contribution in [0.4, 0.5) is 5.69 Å². The van der Waals surface area contributed by atoms with Crippen molar-refractivity contribution >= 4 is 22.9 Å². The van der Waals surface area contributed by atoms with Gasteiger partial charge in [0, 0.05) is 30.1 Å². The Kier molecular flexibility index (Phi) is 6.05. The number of nitrogens with zero attached hydrogens (tertiary/aromatic N) is 3. The zero-order chi connectivity index (χ0) is 17.7. The number of nitro benzene ring substituents is 1. The molecule has 6 nitrogen and oxygen atoms in total. The van der Waals surface area contributed by atoms with E-state index in [1.54, 1.807) is 35.4 Å². The number of benzene rings is 1. The number of nitro groups is 1. The lowest BCUT2D eigenvalue weighted by Gasteiger charge is -2.26. The van der Waals surface area contributed by atoms with Gasteiger partial charge in [0.25, 0.3) is 5.69 Å². The van der Waals surface area contributed by atoms with E-state index in [0.29, 0.717) is 6.54 Å². The zero-order valence-electron chi connectivity index (χ0n) is 14.0. The van der Waals surface area contributed by atoms with Crippen molar-refractivity contribution in [3.63, 3.8) is 0 Å². The van der Waals surface area contributed by atoms with Gasteiger partial charge in [0.15, 0.2) is 0 Å². The van der Waals surface area contributed by atoms with Crippen LogP contribution in [0.1, 0.15) is 23.4 Å². The molecule has 0 aliphatic rings. The van der Waals surface area contributed by atoms with Gasteiger partial charge in [0.2, 0.25) is 5.91 Å².